The van der Waals surface area contributed by atoms with E-state index in [1.54, 1.807) is 17.8 Å². The third-order valence-corrected chi connectivity index (χ3v) is 8.63. The van der Waals surface area contributed by atoms with Crippen LogP contribution in [0.15, 0.2) is 58.6 Å². The molecule has 2 aromatic rings. The van der Waals surface area contributed by atoms with Crippen LogP contribution in [0, 0.1) is 0 Å². The Morgan fingerprint density at radius 2 is 1.78 bits per heavy atom. The average Bonchev–Trinajstić information content (AvgIpc) is 2.89. The normalized spacial score (nSPS) is 22.6. The molecule has 0 spiro atoms. The number of carbonyl (C=O) groups excluding carboxylic acids is 2. The number of anilines is 1. The molecule has 198 valence electrons. The zero-order chi connectivity index (χ0) is 26.4. The first kappa shape index (κ1) is 27.2. The maximum atomic E-state index is 13.7. The van der Waals surface area contributed by atoms with Crippen molar-refractivity contribution in [3.05, 3.63) is 59.7 Å². The molecular weight excluding hydrogens is 484 g/mol. The van der Waals surface area contributed by atoms with Crippen molar-refractivity contribution in [2.75, 3.05) is 18.0 Å². The maximum absolute atomic E-state index is 13.7. The van der Waals surface area contributed by atoms with E-state index in [4.69, 9.17) is 5.73 Å². The summed E-state index contributed by atoms with van der Waals surface area (Å²) < 4.78 is 0. The molecule has 3 atom stereocenters. The lowest BCUT2D eigenvalue weighted by molar-refractivity contribution is -0.140. The molecular formula is C29H38N4O3S. The monoisotopic (exact) mass is 522 g/mol. The molecule has 2 aliphatic heterocycles. The Morgan fingerprint density at radius 3 is 2.54 bits per heavy atom. The number of piperidine rings is 1. The zero-order valence-corrected chi connectivity index (χ0v) is 22.9. The Hall–Kier alpha value is -2.84. The van der Waals surface area contributed by atoms with Gasteiger partial charge in [-0.05, 0) is 69.8 Å². The molecule has 1 saturated heterocycles. The molecule has 1 fully saturated rings. The Kier molecular flexibility index (Phi) is 9.27. The van der Waals surface area contributed by atoms with E-state index in [2.05, 4.69) is 34.8 Å². The van der Waals surface area contributed by atoms with Crippen LogP contribution in [0.2, 0.25) is 0 Å². The quantitative estimate of drug-likeness (QED) is 0.154. The van der Waals surface area contributed by atoms with Crippen LogP contribution in [0.5, 0.6) is 0 Å². The number of carbonyl (C=O) groups is 2. The molecule has 37 heavy (non-hydrogen) atoms. The summed E-state index contributed by atoms with van der Waals surface area (Å²) in [6.07, 6.45) is 7.15. The molecule has 0 aromatic heterocycles. The summed E-state index contributed by atoms with van der Waals surface area (Å²) in [7, 11) is 0. The molecule has 2 N–H and O–H groups in total. The molecule has 0 radical (unpaired) electrons. The summed E-state index contributed by atoms with van der Waals surface area (Å²) in [5.41, 5.74) is 8.46. The molecule has 0 aliphatic carbocycles. The lowest BCUT2D eigenvalue weighted by atomic mass is 9.97. The summed E-state index contributed by atoms with van der Waals surface area (Å²) in [4.78, 5) is 35.2. The number of amidine groups is 1. The van der Waals surface area contributed by atoms with E-state index >= 15 is 0 Å². The number of hydrogen-bond donors (Lipinski definition) is 1. The fourth-order valence-corrected chi connectivity index (χ4v) is 6.56. The van der Waals surface area contributed by atoms with Crippen molar-refractivity contribution in [3.63, 3.8) is 0 Å². The van der Waals surface area contributed by atoms with Gasteiger partial charge in [0.2, 0.25) is 5.91 Å². The number of nitrogens with zero attached hydrogens (tertiary/aromatic N) is 3. The van der Waals surface area contributed by atoms with Crippen molar-refractivity contribution in [3.8, 4) is 0 Å². The predicted molar refractivity (Wildman–Crippen MR) is 150 cm³/mol. The number of oxime groups is 1. The Bertz CT molecular complexity index is 1130. The summed E-state index contributed by atoms with van der Waals surface area (Å²) >= 11 is 1.56. The largest absolute Gasteiger partial charge is 0.380 e. The Labute approximate surface area is 224 Å². The second-order valence-corrected chi connectivity index (χ2v) is 11.2. The zero-order valence-electron chi connectivity index (χ0n) is 22.1. The molecule has 2 aliphatic rings. The van der Waals surface area contributed by atoms with Gasteiger partial charge in [0.15, 0.2) is 5.84 Å². The molecule has 1 unspecified atom stereocenters. The minimum Gasteiger partial charge on any atom is -0.380 e. The third-order valence-electron chi connectivity index (χ3n) is 7.32. The van der Waals surface area contributed by atoms with Crippen molar-refractivity contribution in [2.45, 2.75) is 81.5 Å². The highest BCUT2D eigenvalue weighted by Gasteiger charge is 2.34. The molecule has 0 saturated carbocycles. The first-order valence-electron chi connectivity index (χ1n) is 13.3. The average molecular weight is 523 g/mol. The molecule has 0 bridgehead atoms. The molecule has 8 heteroatoms. The van der Waals surface area contributed by atoms with Crippen molar-refractivity contribution in [1.29, 1.82) is 0 Å². The van der Waals surface area contributed by atoms with E-state index in [1.807, 2.05) is 41.3 Å². The van der Waals surface area contributed by atoms with E-state index < -0.39 is 5.97 Å². The van der Waals surface area contributed by atoms with Crippen molar-refractivity contribution in [2.24, 2.45) is 10.9 Å². The van der Waals surface area contributed by atoms with Gasteiger partial charge in [-0.1, -0.05) is 48.3 Å². The van der Waals surface area contributed by atoms with Crippen molar-refractivity contribution in [1.82, 2.24) is 4.90 Å². The SMILES string of the molecule is CC(=O)O/N=C(/N)c1cccc(C2Sc3ccccc3N(CCCCCN3[C@H](C)CCC[C@@H]3C)C2=O)c1. The summed E-state index contributed by atoms with van der Waals surface area (Å²) in [6.45, 7) is 7.80. The first-order chi connectivity index (χ1) is 17.8. The number of hydrogen-bond acceptors (Lipinski definition) is 6. The number of unbranched alkanes of at least 4 members (excludes halogenated alkanes) is 2. The van der Waals surface area contributed by atoms with Gasteiger partial charge >= 0.3 is 5.97 Å². The van der Waals surface area contributed by atoms with E-state index in [1.165, 1.54) is 26.2 Å². The van der Waals surface area contributed by atoms with Crippen LogP contribution in [0.3, 0.4) is 0 Å². The highest BCUT2D eigenvalue weighted by atomic mass is 32.2. The summed E-state index contributed by atoms with van der Waals surface area (Å²) in [5.74, 6) is -0.362. The van der Waals surface area contributed by atoms with Crippen LogP contribution >= 0.6 is 11.8 Å². The number of fused-ring (bicyclic) bond motifs is 1. The topological polar surface area (TPSA) is 88.2 Å². The molecule has 4 rings (SSSR count). The smallest absolute Gasteiger partial charge is 0.332 e. The standard InChI is InChI=1S/C29H38N4O3S/c1-20-11-9-12-21(2)32(20)17-7-4-8-18-33-25-15-5-6-16-26(25)37-27(29(33)35)23-13-10-14-24(19-23)28(30)31-36-22(3)34/h5-6,10,13-16,19-21,27H,4,7-9,11-12,17-18H2,1-3H3,(H2,30,31)/t20-,21+,27?. The second-order valence-electron chi connectivity index (χ2n) is 10.1. The van der Waals surface area contributed by atoms with Gasteiger partial charge < -0.3 is 15.5 Å². The lowest BCUT2D eigenvalue weighted by Gasteiger charge is -2.39. The van der Waals surface area contributed by atoms with Gasteiger partial charge in [0.05, 0.1) is 5.69 Å². The van der Waals surface area contributed by atoms with E-state index in [-0.39, 0.29) is 17.0 Å². The van der Waals surface area contributed by atoms with Gasteiger partial charge in [-0.15, -0.1) is 11.8 Å². The molecule has 2 aromatic carbocycles. The maximum Gasteiger partial charge on any atom is 0.332 e. The second kappa shape index (κ2) is 12.6. The number of likely N-dealkylation sites (tertiary alicyclic amines) is 1. The summed E-state index contributed by atoms with van der Waals surface area (Å²) in [5, 5.41) is 3.31. The van der Waals surface area contributed by atoms with Crippen LogP contribution in [0.1, 0.15) is 75.7 Å². The number of benzene rings is 2. The van der Waals surface area contributed by atoms with Gasteiger partial charge in [0.1, 0.15) is 5.25 Å². The van der Waals surface area contributed by atoms with E-state index in [9.17, 15) is 9.59 Å². The molecule has 7 nitrogen and oxygen atoms in total. The van der Waals surface area contributed by atoms with E-state index in [0.717, 1.165) is 42.0 Å². The van der Waals surface area contributed by atoms with Gasteiger partial charge in [-0.2, -0.15) is 0 Å². The van der Waals surface area contributed by atoms with Crippen molar-refractivity contribution >= 4 is 35.2 Å². The minimum atomic E-state index is -0.538. The van der Waals surface area contributed by atoms with Crippen LogP contribution in [-0.4, -0.2) is 47.8 Å². The van der Waals surface area contributed by atoms with Crippen LogP contribution in [0.4, 0.5) is 5.69 Å². The number of nitrogens with two attached hydrogens (primary N) is 1. The number of para-hydroxylation sites is 1. The first-order valence-corrected chi connectivity index (χ1v) is 14.2. The highest BCUT2D eigenvalue weighted by Crippen LogP contribution is 2.46. The van der Waals surface area contributed by atoms with Gasteiger partial charge in [0, 0.05) is 36.0 Å². The van der Waals surface area contributed by atoms with E-state index in [0.29, 0.717) is 24.2 Å². The Morgan fingerprint density at radius 1 is 1.05 bits per heavy atom. The lowest BCUT2D eigenvalue weighted by Crippen LogP contribution is -2.44. The van der Waals surface area contributed by atoms with Gasteiger partial charge in [-0.3, -0.25) is 9.69 Å². The van der Waals surface area contributed by atoms with Crippen LogP contribution in [0.25, 0.3) is 0 Å². The fraction of sp³-hybridized carbons (Fsp3) is 0.483. The molecule has 2 heterocycles. The van der Waals surface area contributed by atoms with Crippen LogP contribution < -0.4 is 10.6 Å². The van der Waals surface area contributed by atoms with Gasteiger partial charge in [0.25, 0.3) is 0 Å². The third kappa shape index (κ3) is 6.73. The summed E-state index contributed by atoms with van der Waals surface area (Å²) in [6, 6.07) is 16.9. The predicted octanol–water partition coefficient (Wildman–Crippen LogP) is 5.48. The Balaban J connectivity index is 1.43. The number of amides is 1. The van der Waals surface area contributed by atoms with Crippen molar-refractivity contribution < 1.29 is 14.4 Å². The highest BCUT2D eigenvalue weighted by molar-refractivity contribution is 8.00. The van der Waals surface area contributed by atoms with Crippen LogP contribution in [-0.2, 0) is 14.4 Å². The molecule has 1 amide bonds. The minimum absolute atomic E-state index is 0.0784. The number of rotatable bonds is 9. The number of thioether (sulfide) groups is 1. The van der Waals surface area contributed by atoms with Gasteiger partial charge in [-0.25, -0.2) is 4.79 Å². The fourth-order valence-electron chi connectivity index (χ4n) is 5.34.